The molecule has 0 bridgehead atoms. The minimum Gasteiger partial charge on any atom is -0.224 e. The van der Waals surface area contributed by atoms with Crippen molar-refractivity contribution in [3.05, 3.63) is 28.7 Å². The van der Waals surface area contributed by atoms with Crippen LogP contribution in [0.5, 0.6) is 0 Å². The van der Waals surface area contributed by atoms with Crippen LogP contribution in [0.2, 0.25) is 10.2 Å². The van der Waals surface area contributed by atoms with Gasteiger partial charge in [0, 0.05) is 9.12 Å². The van der Waals surface area contributed by atoms with Crippen molar-refractivity contribution in [3.8, 4) is 0 Å². The third-order valence-corrected chi connectivity index (χ3v) is 8.24. The molecule has 2 nitrogen and oxygen atoms in total. The summed E-state index contributed by atoms with van der Waals surface area (Å²) in [5, 5.41) is -0.756. The molecule has 0 radical (unpaired) electrons. The predicted molar refractivity (Wildman–Crippen MR) is 109 cm³/mol. The molecule has 0 spiro atoms. The average molecular weight is 346 g/mol. The smallest absolute Gasteiger partial charge is 0.173 e. The zero-order chi connectivity index (χ0) is 16.0. The van der Waals surface area contributed by atoms with Crippen LogP contribution in [0.4, 0.5) is 0 Å². The van der Waals surface area contributed by atoms with Gasteiger partial charge >= 0.3 is 0 Å². The third-order valence-electron chi connectivity index (χ3n) is 4.52. The lowest BCUT2D eigenvalue weighted by Crippen LogP contribution is -2.60. The Bertz CT molecular complexity index is 574. The topological polar surface area (TPSA) is 34.1 Å². The first kappa shape index (κ1) is 18.2. The van der Waals surface area contributed by atoms with Crippen molar-refractivity contribution in [2.75, 3.05) is 0 Å². The van der Waals surface area contributed by atoms with Crippen molar-refractivity contribution in [2.24, 2.45) is 0 Å². The Labute approximate surface area is 137 Å². The molecule has 100 valence electrons. The number of benzene rings is 1. The highest BCUT2D eigenvalue weighted by atomic mass is 79.9. The fourth-order valence-corrected chi connectivity index (χ4v) is 5.62. The van der Waals surface area contributed by atoms with E-state index in [2.05, 4.69) is 15.9 Å². The summed E-state index contributed by atoms with van der Waals surface area (Å²) in [6.07, 6.45) is 0. The van der Waals surface area contributed by atoms with Gasteiger partial charge in [0.2, 0.25) is 0 Å². The van der Waals surface area contributed by atoms with E-state index in [-0.39, 0.29) is 10.2 Å². The van der Waals surface area contributed by atoms with Crippen LogP contribution >= 0.6 is 15.9 Å². The van der Waals surface area contributed by atoms with E-state index in [4.69, 9.17) is 0 Å². The summed E-state index contributed by atoms with van der Waals surface area (Å²) in [4.78, 5) is 0.382. The molecule has 0 saturated carbocycles. The van der Waals surface area contributed by atoms with Gasteiger partial charge in [0.05, 0.1) is 52.0 Å². The maximum Gasteiger partial charge on any atom is 0.173 e. The number of hydrogen-bond acceptors (Lipinski definition) is 2. The van der Waals surface area contributed by atoms with Crippen LogP contribution in [0.3, 0.4) is 0 Å². The SMILES string of the molecule is BC(B)(B)C(B)(C(B)(B)B)S(=O)(=O)c1ccc(Br)cc1. The Balaban J connectivity index is 3.61. The largest absolute Gasteiger partial charge is 0.224 e. The summed E-state index contributed by atoms with van der Waals surface area (Å²) < 4.78 is 26.5. The van der Waals surface area contributed by atoms with Crippen molar-refractivity contribution in [3.63, 3.8) is 0 Å². The summed E-state index contributed by atoms with van der Waals surface area (Å²) in [6.45, 7) is 0. The molecule has 0 amide bonds. The maximum atomic E-state index is 13.2. The number of sulfone groups is 1. The molecule has 0 aliphatic heterocycles. The van der Waals surface area contributed by atoms with Crippen LogP contribution < -0.4 is 0 Å². The first-order valence-electron chi connectivity index (χ1n) is 6.75. The van der Waals surface area contributed by atoms with Crippen LogP contribution in [0.1, 0.15) is 0 Å². The molecule has 0 aliphatic carbocycles. The number of halogens is 1. The van der Waals surface area contributed by atoms with Gasteiger partial charge in [-0.2, -0.15) is 0 Å². The number of rotatable bonds is 4. The molecule has 0 heterocycles. The maximum absolute atomic E-state index is 13.2. The van der Waals surface area contributed by atoms with Crippen molar-refractivity contribution < 1.29 is 8.42 Å². The van der Waals surface area contributed by atoms with Gasteiger partial charge in [0.25, 0.3) is 0 Å². The molecule has 1 rings (SSSR count). The highest BCUT2D eigenvalue weighted by Crippen LogP contribution is 2.48. The molecule has 0 atom stereocenters. The van der Waals surface area contributed by atoms with E-state index >= 15 is 0 Å². The normalized spacial score (nSPS) is 14.1. The van der Waals surface area contributed by atoms with Crippen LogP contribution in [0.15, 0.2) is 33.6 Å². The van der Waals surface area contributed by atoms with E-state index < -0.39 is 14.5 Å². The van der Waals surface area contributed by atoms with E-state index in [0.717, 1.165) is 4.47 Å². The average Bonchev–Trinajstić information content (AvgIpc) is 2.25. The van der Waals surface area contributed by atoms with Crippen molar-refractivity contribution >= 4 is 80.7 Å². The van der Waals surface area contributed by atoms with Crippen LogP contribution in [-0.2, 0) is 9.84 Å². The van der Waals surface area contributed by atoms with Crippen molar-refractivity contribution in [1.82, 2.24) is 0 Å². The van der Waals surface area contributed by atoms with Crippen LogP contribution in [0.25, 0.3) is 0 Å². The minimum atomic E-state index is -3.45. The summed E-state index contributed by atoms with van der Waals surface area (Å²) >= 11 is 3.35. The molecule has 0 N–H and O–H groups in total. The van der Waals surface area contributed by atoms with Crippen molar-refractivity contribution in [1.29, 1.82) is 0 Å². The van der Waals surface area contributed by atoms with Gasteiger partial charge in [0.1, 0.15) is 7.85 Å². The molecule has 0 aliphatic rings. The van der Waals surface area contributed by atoms with Crippen LogP contribution in [0, 0.1) is 0 Å². The second-order valence-corrected chi connectivity index (χ2v) is 10.7. The van der Waals surface area contributed by atoms with Gasteiger partial charge in [-0.3, -0.25) is 0 Å². The standard InChI is InChI=1S/C9H18B7BrO2S/c10-7(8(11,12)13,9(14,15)16)20(18,19)6-3-1-5(17)2-4-6/h1-4H,10-16H2. The van der Waals surface area contributed by atoms with E-state index in [1.54, 1.807) is 24.3 Å². The Hall–Kier alpha value is 0.105. The molecule has 0 unspecified atom stereocenters. The molecule has 0 aromatic heterocycles. The lowest BCUT2D eigenvalue weighted by atomic mass is 9.21. The highest BCUT2D eigenvalue weighted by molar-refractivity contribution is 9.10. The second kappa shape index (κ2) is 5.38. The second-order valence-electron chi connectivity index (χ2n) is 7.49. The molecular formula is C9H18B7BrO2S. The zero-order valence-corrected chi connectivity index (χ0v) is 15.8. The molecular weight excluding hydrogens is 328 g/mol. The lowest BCUT2D eigenvalue weighted by Gasteiger charge is -2.51. The van der Waals surface area contributed by atoms with Gasteiger partial charge in [-0.05, 0) is 24.3 Å². The Kier molecular flexibility index (Phi) is 4.89. The molecule has 20 heavy (non-hydrogen) atoms. The fraction of sp³-hybridized carbons (Fsp3) is 0.333. The number of hydrogen-bond donors (Lipinski definition) is 0. The molecule has 0 fully saturated rings. The van der Waals surface area contributed by atoms with Gasteiger partial charge in [0.15, 0.2) is 9.84 Å². The quantitative estimate of drug-likeness (QED) is 0.516. The van der Waals surface area contributed by atoms with Crippen molar-refractivity contribution in [2.45, 2.75) is 19.8 Å². The van der Waals surface area contributed by atoms with Gasteiger partial charge in [-0.25, -0.2) is 8.42 Å². The summed E-state index contributed by atoms with van der Waals surface area (Å²) in [7, 11) is 10.4. The highest BCUT2D eigenvalue weighted by Gasteiger charge is 2.54. The Morgan fingerprint density at radius 1 is 0.800 bits per heavy atom. The molecule has 1 aromatic carbocycles. The van der Waals surface area contributed by atoms with Gasteiger partial charge in [-0.1, -0.05) is 15.9 Å². The van der Waals surface area contributed by atoms with E-state index in [1.165, 1.54) is 0 Å². The summed E-state index contributed by atoms with van der Waals surface area (Å²) in [5.74, 6) is 0. The first-order chi connectivity index (χ1) is 8.75. The third kappa shape index (κ3) is 2.85. The fourth-order valence-electron chi connectivity index (χ4n) is 2.78. The lowest BCUT2D eigenvalue weighted by molar-refractivity contribution is 0.566. The monoisotopic (exact) mass is 346 g/mol. The van der Waals surface area contributed by atoms with Crippen LogP contribution in [-0.4, -0.2) is 68.0 Å². The summed E-state index contributed by atoms with van der Waals surface area (Å²) in [6, 6.07) is 6.90. The summed E-state index contributed by atoms with van der Waals surface area (Å²) in [5.41, 5.74) is 0. The Morgan fingerprint density at radius 3 is 1.45 bits per heavy atom. The zero-order valence-electron chi connectivity index (χ0n) is 13.4. The van der Waals surface area contributed by atoms with E-state index in [1.807, 2.05) is 54.9 Å². The van der Waals surface area contributed by atoms with E-state index in [0.29, 0.717) is 4.90 Å². The predicted octanol–water partition coefficient (Wildman–Crippen LogP) is -4.50. The first-order valence-corrected chi connectivity index (χ1v) is 9.03. The Morgan fingerprint density at radius 2 is 1.15 bits per heavy atom. The van der Waals surface area contributed by atoms with E-state index in [9.17, 15) is 8.42 Å². The van der Waals surface area contributed by atoms with Gasteiger partial charge in [-0.15, -0.1) is 10.2 Å². The minimum absolute atomic E-state index is 0.378. The molecule has 0 saturated heterocycles. The molecule has 1 aromatic rings. The van der Waals surface area contributed by atoms with Gasteiger partial charge < -0.3 is 0 Å². The molecule has 11 heteroatoms.